The summed E-state index contributed by atoms with van der Waals surface area (Å²) in [4.78, 5) is 14.1. The van der Waals surface area contributed by atoms with Crippen LogP contribution in [0.25, 0.3) is 0 Å². The number of rotatable bonds is 3. The zero-order chi connectivity index (χ0) is 12.3. The third-order valence-electron chi connectivity index (χ3n) is 4.66. The van der Waals surface area contributed by atoms with Gasteiger partial charge >= 0.3 is 0 Å². The molecule has 0 aromatic rings. The molecule has 2 fully saturated rings. The molecule has 2 nitrogen and oxygen atoms in total. The molecule has 1 saturated carbocycles. The standard InChI is InChI=1S/C15H27NO/c1-13-5-3-7-15(9-13,12-17)11-16-8-4-6-14(2)10-16/h12-14H,3-11H2,1-2H3. The van der Waals surface area contributed by atoms with Crippen LogP contribution in [0.2, 0.25) is 0 Å². The van der Waals surface area contributed by atoms with Crippen LogP contribution in [0.4, 0.5) is 0 Å². The fourth-order valence-electron chi connectivity index (χ4n) is 3.86. The van der Waals surface area contributed by atoms with Crippen LogP contribution in [0.15, 0.2) is 0 Å². The van der Waals surface area contributed by atoms with Gasteiger partial charge in [0, 0.05) is 18.5 Å². The molecule has 1 heterocycles. The van der Waals surface area contributed by atoms with E-state index >= 15 is 0 Å². The minimum atomic E-state index is -0.0191. The molecule has 0 radical (unpaired) electrons. The fraction of sp³-hybridized carbons (Fsp3) is 0.933. The first kappa shape index (κ1) is 13.1. The highest BCUT2D eigenvalue weighted by Crippen LogP contribution is 2.39. The summed E-state index contributed by atoms with van der Waals surface area (Å²) in [5.74, 6) is 1.55. The van der Waals surface area contributed by atoms with E-state index in [2.05, 4.69) is 18.7 Å². The van der Waals surface area contributed by atoms with Crippen LogP contribution in [0.5, 0.6) is 0 Å². The van der Waals surface area contributed by atoms with Gasteiger partial charge in [-0.25, -0.2) is 0 Å². The maximum absolute atomic E-state index is 11.6. The van der Waals surface area contributed by atoms with E-state index in [1.165, 1.54) is 45.1 Å². The van der Waals surface area contributed by atoms with Crippen molar-refractivity contribution in [1.29, 1.82) is 0 Å². The molecule has 1 saturated heterocycles. The lowest BCUT2D eigenvalue weighted by Crippen LogP contribution is -2.45. The Morgan fingerprint density at radius 1 is 1.24 bits per heavy atom. The average Bonchev–Trinajstić information content (AvgIpc) is 2.29. The van der Waals surface area contributed by atoms with Crippen molar-refractivity contribution in [1.82, 2.24) is 4.90 Å². The molecular formula is C15H27NO. The molecule has 0 amide bonds. The van der Waals surface area contributed by atoms with Gasteiger partial charge in [-0.3, -0.25) is 0 Å². The molecule has 1 aliphatic carbocycles. The lowest BCUT2D eigenvalue weighted by atomic mass is 9.70. The second kappa shape index (κ2) is 5.51. The van der Waals surface area contributed by atoms with Gasteiger partial charge in [0.15, 0.2) is 0 Å². The van der Waals surface area contributed by atoms with Gasteiger partial charge in [-0.1, -0.05) is 26.7 Å². The second-order valence-electron chi connectivity index (χ2n) is 6.66. The van der Waals surface area contributed by atoms with Gasteiger partial charge in [0.05, 0.1) is 0 Å². The van der Waals surface area contributed by atoms with E-state index in [1.807, 2.05) is 0 Å². The monoisotopic (exact) mass is 237 g/mol. The van der Waals surface area contributed by atoms with Crippen molar-refractivity contribution in [3.8, 4) is 0 Å². The first-order valence-corrected chi connectivity index (χ1v) is 7.32. The van der Waals surface area contributed by atoms with Gasteiger partial charge in [0.2, 0.25) is 0 Å². The zero-order valence-electron chi connectivity index (χ0n) is 11.5. The van der Waals surface area contributed by atoms with Crippen molar-refractivity contribution in [2.24, 2.45) is 17.3 Å². The van der Waals surface area contributed by atoms with Gasteiger partial charge in [0.1, 0.15) is 6.29 Å². The predicted octanol–water partition coefficient (Wildman–Crippen LogP) is 3.11. The summed E-state index contributed by atoms with van der Waals surface area (Å²) in [6, 6.07) is 0. The van der Waals surface area contributed by atoms with Gasteiger partial charge < -0.3 is 9.69 Å². The van der Waals surface area contributed by atoms with Crippen LogP contribution in [-0.2, 0) is 4.79 Å². The Morgan fingerprint density at radius 2 is 2.00 bits per heavy atom. The summed E-state index contributed by atoms with van der Waals surface area (Å²) in [5.41, 5.74) is -0.0191. The second-order valence-corrected chi connectivity index (χ2v) is 6.66. The number of carbonyl (C=O) groups excluding carboxylic acids is 1. The van der Waals surface area contributed by atoms with E-state index in [0.717, 1.165) is 31.2 Å². The van der Waals surface area contributed by atoms with Crippen molar-refractivity contribution >= 4 is 6.29 Å². The number of nitrogens with zero attached hydrogens (tertiary/aromatic N) is 1. The van der Waals surface area contributed by atoms with Crippen LogP contribution in [-0.4, -0.2) is 30.8 Å². The van der Waals surface area contributed by atoms with Crippen LogP contribution >= 0.6 is 0 Å². The maximum Gasteiger partial charge on any atom is 0.127 e. The average molecular weight is 237 g/mol. The molecule has 0 aromatic heterocycles. The van der Waals surface area contributed by atoms with E-state index in [1.54, 1.807) is 0 Å². The zero-order valence-corrected chi connectivity index (χ0v) is 11.5. The first-order valence-electron chi connectivity index (χ1n) is 7.32. The fourth-order valence-corrected chi connectivity index (χ4v) is 3.86. The number of hydrogen-bond donors (Lipinski definition) is 0. The van der Waals surface area contributed by atoms with Crippen LogP contribution < -0.4 is 0 Å². The van der Waals surface area contributed by atoms with E-state index in [0.29, 0.717) is 0 Å². The molecule has 0 aromatic carbocycles. The summed E-state index contributed by atoms with van der Waals surface area (Å²) in [5, 5.41) is 0. The highest BCUT2D eigenvalue weighted by atomic mass is 16.1. The summed E-state index contributed by atoms with van der Waals surface area (Å²) in [6.45, 7) is 8.06. The summed E-state index contributed by atoms with van der Waals surface area (Å²) in [6.07, 6.45) is 8.73. The number of carbonyl (C=O) groups is 1. The molecule has 3 unspecified atom stereocenters. The Hall–Kier alpha value is -0.370. The van der Waals surface area contributed by atoms with Crippen molar-refractivity contribution in [3.05, 3.63) is 0 Å². The van der Waals surface area contributed by atoms with Gasteiger partial charge in [-0.2, -0.15) is 0 Å². The van der Waals surface area contributed by atoms with Gasteiger partial charge in [0.25, 0.3) is 0 Å². The minimum absolute atomic E-state index is 0.0191. The first-order chi connectivity index (χ1) is 8.13. The van der Waals surface area contributed by atoms with Crippen LogP contribution in [0.3, 0.4) is 0 Å². The Morgan fingerprint density at radius 3 is 2.65 bits per heavy atom. The Kier molecular flexibility index (Phi) is 4.24. The molecule has 3 atom stereocenters. The largest absolute Gasteiger partial charge is 0.303 e. The highest BCUT2D eigenvalue weighted by Gasteiger charge is 2.36. The van der Waals surface area contributed by atoms with Crippen LogP contribution in [0, 0.1) is 17.3 Å². The lowest BCUT2D eigenvalue weighted by Gasteiger charge is -2.41. The van der Waals surface area contributed by atoms with E-state index in [4.69, 9.17) is 0 Å². The number of likely N-dealkylation sites (tertiary alicyclic amines) is 1. The number of hydrogen-bond acceptors (Lipinski definition) is 2. The quantitative estimate of drug-likeness (QED) is 0.703. The molecule has 98 valence electrons. The van der Waals surface area contributed by atoms with Crippen molar-refractivity contribution in [2.45, 2.75) is 52.4 Å². The van der Waals surface area contributed by atoms with Gasteiger partial charge in [-0.05, 0) is 44.1 Å². The Balaban J connectivity index is 1.95. The molecule has 2 rings (SSSR count). The molecule has 0 spiro atoms. The lowest BCUT2D eigenvalue weighted by molar-refractivity contribution is -0.120. The van der Waals surface area contributed by atoms with E-state index in [9.17, 15) is 4.79 Å². The summed E-state index contributed by atoms with van der Waals surface area (Å²) < 4.78 is 0. The molecule has 2 heteroatoms. The normalized spacial score (nSPS) is 40.1. The third-order valence-corrected chi connectivity index (χ3v) is 4.66. The Bertz CT molecular complexity index is 266. The van der Waals surface area contributed by atoms with Gasteiger partial charge in [-0.15, -0.1) is 0 Å². The van der Waals surface area contributed by atoms with Crippen LogP contribution in [0.1, 0.15) is 52.4 Å². The van der Waals surface area contributed by atoms with E-state index in [-0.39, 0.29) is 5.41 Å². The number of aldehydes is 1. The van der Waals surface area contributed by atoms with Crippen molar-refractivity contribution in [3.63, 3.8) is 0 Å². The third kappa shape index (κ3) is 3.31. The molecular weight excluding hydrogens is 210 g/mol. The van der Waals surface area contributed by atoms with Crippen molar-refractivity contribution in [2.75, 3.05) is 19.6 Å². The minimum Gasteiger partial charge on any atom is -0.303 e. The summed E-state index contributed by atoms with van der Waals surface area (Å²) in [7, 11) is 0. The SMILES string of the molecule is CC1CCCN(CC2(C=O)CCCC(C)C2)C1. The molecule has 0 bridgehead atoms. The van der Waals surface area contributed by atoms with Crippen molar-refractivity contribution < 1.29 is 4.79 Å². The topological polar surface area (TPSA) is 20.3 Å². The number of piperidine rings is 1. The predicted molar refractivity (Wildman–Crippen MR) is 71.0 cm³/mol. The van der Waals surface area contributed by atoms with E-state index < -0.39 is 0 Å². The summed E-state index contributed by atoms with van der Waals surface area (Å²) >= 11 is 0. The smallest absolute Gasteiger partial charge is 0.127 e. The molecule has 2 aliphatic rings. The highest BCUT2D eigenvalue weighted by molar-refractivity contribution is 5.60. The Labute approximate surface area is 106 Å². The molecule has 1 aliphatic heterocycles. The molecule has 17 heavy (non-hydrogen) atoms. The maximum atomic E-state index is 11.6. The molecule has 0 N–H and O–H groups in total.